The van der Waals surface area contributed by atoms with Gasteiger partial charge in [0.05, 0.1) is 24.7 Å². The third-order valence-corrected chi connectivity index (χ3v) is 5.14. The summed E-state index contributed by atoms with van der Waals surface area (Å²) in [6.07, 6.45) is 2.21. The highest BCUT2D eigenvalue weighted by Crippen LogP contribution is 2.33. The van der Waals surface area contributed by atoms with Crippen molar-refractivity contribution in [1.82, 2.24) is 4.90 Å². The minimum Gasteiger partial charge on any atom is -0.308 e. The van der Waals surface area contributed by atoms with Crippen LogP contribution in [0.1, 0.15) is 36.4 Å². The molecular weight excluding hydrogens is 341 g/mol. The van der Waals surface area contributed by atoms with Crippen molar-refractivity contribution in [2.75, 3.05) is 24.5 Å². The van der Waals surface area contributed by atoms with E-state index in [4.69, 9.17) is 5.26 Å². The molecule has 4 nitrogen and oxygen atoms in total. The number of benzene rings is 2. The smallest absolute Gasteiger partial charge is 0.241 e. The van der Waals surface area contributed by atoms with E-state index in [9.17, 15) is 9.18 Å². The lowest BCUT2D eigenvalue weighted by molar-refractivity contribution is -0.120. The molecule has 0 saturated carbocycles. The van der Waals surface area contributed by atoms with Crippen LogP contribution in [-0.2, 0) is 4.79 Å². The third-order valence-electron chi connectivity index (χ3n) is 5.14. The summed E-state index contributed by atoms with van der Waals surface area (Å²) in [6.45, 7) is 3.35. The molecule has 0 radical (unpaired) electrons. The largest absolute Gasteiger partial charge is 0.308 e. The van der Waals surface area contributed by atoms with E-state index in [1.54, 1.807) is 18.2 Å². The summed E-state index contributed by atoms with van der Waals surface area (Å²) < 4.78 is 14.2. The van der Waals surface area contributed by atoms with Gasteiger partial charge in [0.2, 0.25) is 5.91 Å². The van der Waals surface area contributed by atoms with Gasteiger partial charge in [0.25, 0.3) is 0 Å². The van der Waals surface area contributed by atoms with Gasteiger partial charge in [-0.25, -0.2) is 4.39 Å². The van der Waals surface area contributed by atoms with E-state index >= 15 is 0 Å². The lowest BCUT2D eigenvalue weighted by atomic mass is 9.99. The van der Waals surface area contributed by atoms with Gasteiger partial charge >= 0.3 is 0 Å². The summed E-state index contributed by atoms with van der Waals surface area (Å²) in [5, 5.41) is 8.93. The highest BCUT2D eigenvalue weighted by Gasteiger charge is 2.30. The molecule has 1 aliphatic rings. The van der Waals surface area contributed by atoms with E-state index < -0.39 is 5.82 Å². The number of likely N-dealkylation sites (tertiary alicyclic amines) is 1. The molecular formula is C22H24FN3O. The van der Waals surface area contributed by atoms with Gasteiger partial charge in [-0.15, -0.1) is 0 Å². The minimum atomic E-state index is -0.444. The molecule has 2 aromatic rings. The van der Waals surface area contributed by atoms with Gasteiger partial charge in [-0.2, -0.15) is 5.26 Å². The maximum Gasteiger partial charge on any atom is 0.241 e. The minimum absolute atomic E-state index is 0.168. The molecule has 0 bridgehead atoms. The molecule has 1 amide bonds. The number of rotatable bonds is 6. The van der Waals surface area contributed by atoms with Gasteiger partial charge in [0.1, 0.15) is 5.82 Å². The van der Waals surface area contributed by atoms with Crippen molar-refractivity contribution in [3.63, 3.8) is 0 Å². The first-order valence-corrected chi connectivity index (χ1v) is 9.33. The molecule has 1 saturated heterocycles. The standard InChI is InChI=1S/C22H24FN3O/c1-17-8-2-3-9-18(17)20-12-6-14-25(20)16-22(27)26(15-7-13-24)21-11-5-4-10-19(21)23/h2-5,8-11,20H,6-7,12,14-16H2,1H3. The van der Waals surface area contributed by atoms with Crippen LogP contribution < -0.4 is 4.90 Å². The van der Waals surface area contributed by atoms with Crippen LogP contribution in [0.25, 0.3) is 0 Å². The zero-order chi connectivity index (χ0) is 19.2. The Morgan fingerprint density at radius 2 is 2.00 bits per heavy atom. The van der Waals surface area contributed by atoms with Crippen molar-refractivity contribution in [2.45, 2.75) is 32.2 Å². The second-order valence-corrected chi connectivity index (χ2v) is 6.89. The summed E-state index contributed by atoms with van der Waals surface area (Å²) in [7, 11) is 0. The van der Waals surface area contributed by atoms with Crippen molar-refractivity contribution in [1.29, 1.82) is 5.26 Å². The summed E-state index contributed by atoms with van der Waals surface area (Å²) >= 11 is 0. The number of aryl methyl sites for hydroxylation is 1. The molecule has 1 unspecified atom stereocenters. The normalized spacial score (nSPS) is 16.9. The van der Waals surface area contributed by atoms with Crippen LogP contribution in [0.15, 0.2) is 48.5 Å². The molecule has 1 heterocycles. The maximum atomic E-state index is 14.2. The molecule has 5 heteroatoms. The number of nitrogens with zero attached hydrogens (tertiary/aromatic N) is 3. The Bertz CT molecular complexity index is 845. The van der Waals surface area contributed by atoms with Crippen molar-refractivity contribution >= 4 is 11.6 Å². The number of amides is 1. The first kappa shape index (κ1) is 19.1. The quantitative estimate of drug-likeness (QED) is 0.770. The van der Waals surface area contributed by atoms with E-state index in [0.717, 1.165) is 19.4 Å². The predicted octanol–water partition coefficient (Wildman–Crippen LogP) is 4.22. The molecule has 0 aromatic heterocycles. The van der Waals surface area contributed by atoms with Gasteiger partial charge in [0.15, 0.2) is 0 Å². The average molecular weight is 365 g/mol. The van der Waals surface area contributed by atoms with Crippen LogP contribution in [0.2, 0.25) is 0 Å². The highest BCUT2D eigenvalue weighted by atomic mass is 19.1. The summed E-state index contributed by atoms with van der Waals surface area (Å²) in [5.74, 6) is -0.614. The first-order chi connectivity index (χ1) is 13.1. The fourth-order valence-electron chi connectivity index (χ4n) is 3.80. The number of carbonyl (C=O) groups is 1. The molecule has 1 atom stereocenters. The number of hydrogen-bond acceptors (Lipinski definition) is 3. The topological polar surface area (TPSA) is 47.3 Å². The zero-order valence-electron chi connectivity index (χ0n) is 15.6. The number of carbonyl (C=O) groups excluding carboxylic acids is 1. The van der Waals surface area contributed by atoms with E-state index in [0.29, 0.717) is 0 Å². The second kappa shape index (κ2) is 8.79. The Balaban J connectivity index is 1.80. The zero-order valence-corrected chi connectivity index (χ0v) is 15.6. The summed E-state index contributed by atoms with van der Waals surface area (Å²) in [5.41, 5.74) is 2.71. The second-order valence-electron chi connectivity index (χ2n) is 6.89. The fraction of sp³-hybridized carbons (Fsp3) is 0.364. The van der Waals surface area contributed by atoms with E-state index in [2.05, 4.69) is 24.0 Å². The molecule has 1 fully saturated rings. The van der Waals surface area contributed by atoms with Gasteiger partial charge in [-0.1, -0.05) is 36.4 Å². The third kappa shape index (κ3) is 4.35. The van der Waals surface area contributed by atoms with Gasteiger partial charge in [-0.3, -0.25) is 9.69 Å². The van der Waals surface area contributed by atoms with Crippen molar-refractivity contribution in [2.24, 2.45) is 0 Å². The monoisotopic (exact) mass is 365 g/mol. The Morgan fingerprint density at radius 1 is 1.26 bits per heavy atom. The molecule has 0 N–H and O–H groups in total. The van der Waals surface area contributed by atoms with Gasteiger partial charge in [-0.05, 0) is 49.6 Å². The Hall–Kier alpha value is -2.71. The number of anilines is 1. The lowest BCUT2D eigenvalue weighted by Gasteiger charge is -2.29. The van der Waals surface area contributed by atoms with E-state index in [1.165, 1.54) is 22.1 Å². The first-order valence-electron chi connectivity index (χ1n) is 9.33. The van der Waals surface area contributed by atoms with Gasteiger partial charge in [0, 0.05) is 12.6 Å². The molecule has 0 spiro atoms. The van der Waals surface area contributed by atoms with Crippen LogP contribution in [0, 0.1) is 24.1 Å². The van der Waals surface area contributed by atoms with Crippen LogP contribution >= 0.6 is 0 Å². The molecule has 140 valence electrons. The molecule has 1 aliphatic heterocycles. The fourth-order valence-corrected chi connectivity index (χ4v) is 3.80. The SMILES string of the molecule is Cc1ccccc1C1CCCN1CC(=O)N(CCC#N)c1ccccc1F. The number of hydrogen-bond donors (Lipinski definition) is 0. The predicted molar refractivity (Wildman–Crippen MR) is 104 cm³/mol. The van der Waals surface area contributed by atoms with E-state index in [1.807, 2.05) is 18.2 Å². The molecule has 27 heavy (non-hydrogen) atoms. The van der Waals surface area contributed by atoms with Crippen LogP contribution in [0.4, 0.5) is 10.1 Å². The molecule has 0 aliphatic carbocycles. The Morgan fingerprint density at radius 3 is 2.74 bits per heavy atom. The number of para-hydroxylation sites is 1. The average Bonchev–Trinajstić information content (AvgIpc) is 3.11. The number of nitriles is 1. The molecule has 2 aromatic carbocycles. The Kier molecular flexibility index (Phi) is 6.20. The lowest BCUT2D eigenvalue weighted by Crippen LogP contribution is -2.41. The number of halogens is 1. The highest BCUT2D eigenvalue weighted by molar-refractivity contribution is 5.95. The van der Waals surface area contributed by atoms with Crippen molar-refractivity contribution < 1.29 is 9.18 Å². The van der Waals surface area contributed by atoms with Crippen molar-refractivity contribution in [3.8, 4) is 6.07 Å². The van der Waals surface area contributed by atoms with Crippen LogP contribution in [0.3, 0.4) is 0 Å². The van der Waals surface area contributed by atoms with Crippen LogP contribution in [0.5, 0.6) is 0 Å². The van der Waals surface area contributed by atoms with E-state index in [-0.39, 0.29) is 37.1 Å². The van der Waals surface area contributed by atoms with Crippen LogP contribution in [-0.4, -0.2) is 30.4 Å². The Labute approximate surface area is 159 Å². The van der Waals surface area contributed by atoms with Gasteiger partial charge < -0.3 is 4.90 Å². The maximum absolute atomic E-state index is 14.2. The summed E-state index contributed by atoms with van der Waals surface area (Å²) in [6, 6.07) is 16.7. The van der Waals surface area contributed by atoms with Crippen molar-refractivity contribution in [3.05, 3.63) is 65.5 Å². The summed E-state index contributed by atoms with van der Waals surface area (Å²) in [4.78, 5) is 16.6. The molecule has 3 rings (SSSR count).